The summed E-state index contributed by atoms with van der Waals surface area (Å²) in [6, 6.07) is 2.88. The topological polar surface area (TPSA) is 17.8 Å². The van der Waals surface area contributed by atoms with Crippen LogP contribution in [0.1, 0.15) is 5.69 Å². The van der Waals surface area contributed by atoms with E-state index in [0.717, 1.165) is 10.7 Å². The van der Waals surface area contributed by atoms with Gasteiger partial charge in [0.05, 0.1) is 11.6 Å². The number of hydrogen-bond donors (Lipinski definition) is 0. The Labute approximate surface area is 94.3 Å². The number of hydrogen-bond acceptors (Lipinski definition) is 1. The van der Waals surface area contributed by atoms with Crippen LogP contribution in [0.15, 0.2) is 24.4 Å². The van der Waals surface area contributed by atoms with Crippen molar-refractivity contribution < 1.29 is 13.2 Å². The molecule has 6 heteroatoms. The maximum Gasteiger partial charge on any atom is 0.184 e. The van der Waals surface area contributed by atoms with Crippen LogP contribution in [0.3, 0.4) is 0 Å². The minimum Gasteiger partial charge on any atom is -0.237 e. The molecule has 16 heavy (non-hydrogen) atoms. The van der Waals surface area contributed by atoms with E-state index in [9.17, 15) is 13.2 Å². The normalized spacial score (nSPS) is 10.8. The highest BCUT2D eigenvalue weighted by atomic mass is 35.5. The first kappa shape index (κ1) is 11.0. The van der Waals surface area contributed by atoms with Crippen LogP contribution in [0.25, 0.3) is 5.69 Å². The summed E-state index contributed by atoms with van der Waals surface area (Å²) in [5.41, 5.74) is 0.208. The number of aromatic nitrogens is 2. The predicted molar refractivity (Wildman–Crippen MR) is 53.0 cm³/mol. The van der Waals surface area contributed by atoms with Crippen LogP contribution in [-0.2, 0) is 5.88 Å². The van der Waals surface area contributed by atoms with Crippen molar-refractivity contribution in [2.75, 3.05) is 0 Å². The summed E-state index contributed by atoms with van der Waals surface area (Å²) >= 11 is 5.51. The molecule has 0 bridgehead atoms. The zero-order valence-electron chi connectivity index (χ0n) is 7.92. The predicted octanol–water partition coefficient (Wildman–Crippen LogP) is 3.03. The molecule has 0 saturated carbocycles. The standard InChI is InChI=1S/C10H6ClF3N2/c11-5-7-1-2-16(15-7)9-4-6(12)3-8(13)10(9)14/h1-4H,5H2. The average molecular weight is 247 g/mol. The molecule has 84 valence electrons. The Balaban J connectivity index is 2.54. The van der Waals surface area contributed by atoms with Crippen LogP contribution in [0.4, 0.5) is 13.2 Å². The molecule has 2 nitrogen and oxygen atoms in total. The maximum atomic E-state index is 13.3. The zero-order valence-corrected chi connectivity index (χ0v) is 8.68. The molecule has 0 unspecified atom stereocenters. The molecule has 0 N–H and O–H groups in total. The fraction of sp³-hybridized carbons (Fsp3) is 0.100. The summed E-state index contributed by atoms with van der Waals surface area (Å²) in [5.74, 6) is -3.12. The number of nitrogens with zero attached hydrogens (tertiary/aromatic N) is 2. The molecule has 1 heterocycles. The third-order valence-corrected chi connectivity index (χ3v) is 2.28. The van der Waals surface area contributed by atoms with Crippen LogP contribution in [0.2, 0.25) is 0 Å². The van der Waals surface area contributed by atoms with Crippen molar-refractivity contribution in [3.05, 3.63) is 47.5 Å². The fourth-order valence-electron chi connectivity index (χ4n) is 1.28. The van der Waals surface area contributed by atoms with Gasteiger partial charge in [-0.2, -0.15) is 5.10 Å². The van der Waals surface area contributed by atoms with Gasteiger partial charge in [-0.25, -0.2) is 17.9 Å². The molecule has 0 atom stereocenters. The maximum absolute atomic E-state index is 13.3. The van der Waals surface area contributed by atoms with E-state index in [-0.39, 0.29) is 11.6 Å². The lowest BCUT2D eigenvalue weighted by Gasteiger charge is -2.04. The number of benzene rings is 1. The van der Waals surface area contributed by atoms with Crippen molar-refractivity contribution in [1.82, 2.24) is 9.78 Å². The van der Waals surface area contributed by atoms with Crippen LogP contribution in [0, 0.1) is 17.5 Å². The average Bonchev–Trinajstić information content (AvgIpc) is 2.71. The van der Waals surface area contributed by atoms with Crippen LogP contribution in [0.5, 0.6) is 0 Å². The van der Waals surface area contributed by atoms with E-state index in [2.05, 4.69) is 5.10 Å². The van der Waals surface area contributed by atoms with E-state index >= 15 is 0 Å². The van der Waals surface area contributed by atoms with Gasteiger partial charge in [-0.1, -0.05) is 0 Å². The molecule has 2 rings (SSSR count). The highest BCUT2D eigenvalue weighted by Gasteiger charge is 2.13. The Kier molecular flexibility index (Phi) is 2.87. The molecule has 0 aliphatic rings. The lowest BCUT2D eigenvalue weighted by Crippen LogP contribution is -2.02. The van der Waals surface area contributed by atoms with Gasteiger partial charge in [0.2, 0.25) is 0 Å². The van der Waals surface area contributed by atoms with Crippen molar-refractivity contribution in [3.63, 3.8) is 0 Å². The smallest absolute Gasteiger partial charge is 0.184 e. The second kappa shape index (κ2) is 4.17. The van der Waals surface area contributed by atoms with Gasteiger partial charge < -0.3 is 0 Å². The summed E-state index contributed by atoms with van der Waals surface area (Å²) in [7, 11) is 0. The molecule has 2 aromatic rings. The second-order valence-corrected chi connectivity index (χ2v) is 3.37. The van der Waals surface area contributed by atoms with Crippen molar-refractivity contribution in [2.24, 2.45) is 0 Å². The van der Waals surface area contributed by atoms with Gasteiger partial charge in [-0.05, 0) is 6.07 Å². The van der Waals surface area contributed by atoms with E-state index in [1.807, 2.05) is 0 Å². The lowest BCUT2D eigenvalue weighted by molar-refractivity contribution is 0.487. The first-order chi connectivity index (χ1) is 7.61. The summed E-state index contributed by atoms with van der Waals surface area (Å²) < 4.78 is 40.2. The highest BCUT2D eigenvalue weighted by Crippen LogP contribution is 2.18. The summed E-state index contributed by atoms with van der Waals surface area (Å²) in [5, 5.41) is 3.85. The minimum atomic E-state index is -1.25. The molecular weight excluding hydrogens is 241 g/mol. The third-order valence-electron chi connectivity index (χ3n) is 2.00. The van der Waals surface area contributed by atoms with E-state index in [1.54, 1.807) is 0 Å². The van der Waals surface area contributed by atoms with E-state index < -0.39 is 17.5 Å². The molecule has 0 saturated heterocycles. The van der Waals surface area contributed by atoms with Gasteiger partial charge in [-0.3, -0.25) is 0 Å². The Bertz CT molecular complexity index is 525. The molecule has 0 amide bonds. The summed E-state index contributed by atoms with van der Waals surface area (Å²) in [6.07, 6.45) is 1.38. The van der Waals surface area contributed by atoms with Crippen molar-refractivity contribution in [2.45, 2.75) is 5.88 Å². The van der Waals surface area contributed by atoms with Crippen LogP contribution in [-0.4, -0.2) is 9.78 Å². The second-order valence-electron chi connectivity index (χ2n) is 3.11. The van der Waals surface area contributed by atoms with Gasteiger partial charge in [0, 0.05) is 18.3 Å². The molecule has 0 radical (unpaired) electrons. The van der Waals surface area contributed by atoms with Gasteiger partial charge in [-0.15, -0.1) is 11.6 Å². The largest absolute Gasteiger partial charge is 0.237 e. The van der Waals surface area contributed by atoms with Gasteiger partial charge >= 0.3 is 0 Å². The molecule has 0 fully saturated rings. The summed E-state index contributed by atoms with van der Waals surface area (Å²) in [4.78, 5) is 0. The summed E-state index contributed by atoms with van der Waals surface area (Å²) in [6.45, 7) is 0. The Morgan fingerprint density at radius 3 is 2.62 bits per heavy atom. The van der Waals surface area contributed by atoms with Gasteiger partial charge in [0.15, 0.2) is 11.6 Å². The fourth-order valence-corrected chi connectivity index (χ4v) is 1.42. The lowest BCUT2D eigenvalue weighted by atomic mass is 10.3. The first-order valence-electron chi connectivity index (χ1n) is 4.37. The number of halogens is 4. The quantitative estimate of drug-likeness (QED) is 0.588. The molecule has 0 aliphatic heterocycles. The SMILES string of the molecule is Fc1cc(F)c(F)c(-n2ccc(CCl)n2)c1. The van der Waals surface area contributed by atoms with E-state index in [4.69, 9.17) is 11.6 Å². The monoisotopic (exact) mass is 246 g/mol. The Hall–Kier alpha value is -1.49. The Morgan fingerprint density at radius 2 is 2.00 bits per heavy atom. The Morgan fingerprint density at radius 1 is 1.25 bits per heavy atom. The molecule has 1 aromatic heterocycles. The molecular formula is C10H6ClF3N2. The zero-order chi connectivity index (χ0) is 11.7. The van der Waals surface area contributed by atoms with Crippen LogP contribution < -0.4 is 0 Å². The number of alkyl halides is 1. The first-order valence-corrected chi connectivity index (χ1v) is 4.90. The number of rotatable bonds is 2. The van der Waals surface area contributed by atoms with Crippen LogP contribution >= 0.6 is 11.6 Å². The minimum absolute atomic E-state index is 0.145. The third kappa shape index (κ3) is 1.90. The van der Waals surface area contributed by atoms with E-state index in [0.29, 0.717) is 11.8 Å². The molecule has 1 aromatic carbocycles. The van der Waals surface area contributed by atoms with E-state index in [1.165, 1.54) is 12.3 Å². The van der Waals surface area contributed by atoms with Crippen molar-refractivity contribution in [3.8, 4) is 5.69 Å². The van der Waals surface area contributed by atoms with Crippen molar-refractivity contribution >= 4 is 11.6 Å². The molecule has 0 aliphatic carbocycles. The van der Waals surface area contributed by atoms with Gasteiger partial charge in [0.1, 0.15) is 11.5 Å². The molecule has 0 spiro atoms. The highest BCUT2D eigenvalue weighted by molar-refractivity contribution is 6.16. The van der Waals surface area contributed by atoms with Crippen molar-refractivity contribution in [1.29, 1.82) is 0 Å². The van der Waals surface area contributed by atoms with Gasteiger partial charge in [0.25, 0.3) is 0 Å².